The average molecular weight is 253 g/mol. The van der Waals surface area contributed by atoms with Crippen molar-refractivity contribution >= 4 is 11.9 Å². The molecule has 3 rings (SSSR count). The first-order chi connectivity index (χ1) is 8.65. The Morgan fingerprint density at radius 3 is 3.17 bits per heavy atom. The van der Waals surface area contributed by atoms with Gasteiger partial charge in [0.1, 0.15) is 0 Å². The lowest BCUT2D eigenvalue weighted by Gasteiger charge is -2.21. The molecule has 0 radical (unpaired) electrons. The number of likely N-dealkylation sites (tertiary alicyclic amines) is 1. The predicted molar refractivity (Wildman–Crippen MR) is 61.1 cm³/mol. The standard InChI is InChI=1S/C11H15N3O4/c1-6-2-10(18-13-6)12-11(16)14-3-9(15)7-4-17-5-8(7)14/h2,7-9,15H,3-5H2,1H3,(H,12,16)/t7-,8+,9-/m1/s1. The number of urea groups is 1. The molecule has 7 heteroatoms. The summed E-state index contributed by atoms with van der Waals surface area (Å²) in [6.45, 7) is 3.10. The Hall–Kier alpha value is -1.60. The number of aryl methyl sites for hydroxylation is 1. The Kier molecular flexibility index (Phi) is 2.71. The Balaban J connectivity index is 1.69. The minimum atomic E-state index is -0.514. The monoisotopic (exact) mass is 253 g/mol. The Morgan fingerprint density at radius 2 is 2.44 bits per heavy atom. The van der Waals surface area contributed by atoms with Crippen LogP contribution in [0.15, 0.2) is 10.6 Å². The highest BCUT2D eigenvalue weighted by Crippen LogP contribution is 2.30. The van der Waals surface area contributed by atoms with Gasteiger partial charge in [0.05, 0.1) is 31.1 Å². The number of hydrogen-bond acceptors (Lipinski definition) is 5. The van der Waals surface area contributed by atoms with Crippen LogP contribution in [0.4, 0.5) is 10.7 Å². The molecule has 2 aliphatic heterocycles. The first-order valence-electron chi connectivity index (χ1n) is 5.92. The third-order valence-electron chi connectivity index (χ3n) is 3.49. The molecular formula is C11H15N3O4. The van der Waals surface area contributed by atoms with Gasteiger partial charge in [-0.05, 0) is 6.92 Å². The summed E-state index contributed by atoms with van der Waals surface area (Å²) in [7, 11) is 0. The summed E-state index contributed by atoms with van der Waals surface area (Å²) in [6, 6.07) is 1.31. The van der Waals surface area contributed by atoms with Gasteiger partial charge >= 0.3 is 6.03 Å². The number of amides is 2. The fraction of sp³-hybridized carbons (Fsp3) is 0.636. The second kappa shape index (κ2) is 4.25. The summed E-state index contributed by atoms with van der Waals surface area (Å²) in [6.07, 6.45) is -0.514. The number of rotatable bonds is 1. The Morgan fingerprint density at radius 1 is 1.61 bits per heavy atom. The van der Waals surface area contributed by atoms with E-state index in [1.165, 1.54) is 0 Å². The first kappa shape index (κ1) is 11.5. The van der Waals surface area contributed by atoms with Crippen LogP contribution in [-0.2, 0) is 4.74 Å². The molecule has 18 heavy (non-hydrogen) atoms. The van der Waals surface area contributed by atoms with E-state index in [2.05, 4.69) is 10.5 Å². The van der Waals surface area contributed by atoms with Gasteiger partial charge in [-0.25, -0.2) is 4.79 Å². The van der Waals surface area contributed by atoms with Crippen LogP contribution in [0.1, 0.15) is 5.69 Å². The van der Waals surface area contributed by atoms with E-state index in [9.17, 15) is 9.90 Å². The number of nitrogens with one attached hydrogen (secondary N) is 1. The van der Waals surface area contributed by atoms with Gasteiger partial charge in [0.25, 0.3) is 0 Å². The second-order valence-corrected chi connectivity index (χ2v) is 4.75. The SMILES string of the molecule is Cc1cc(NC(=O)N2C[C@@H](O)[C@@H]3COC[C@@H]32)on1. The lowest BCUT2D eigenvalue weighted by molar-refractivity contribution is 0.0965. The molecule has 0 aliphatic carbocycles. The van der Waals surface area contributed by atoms with E-state index in [-0.39, 0.29) is 18.0 Å². The number of carbonyl (C=O) groups excluding carboxylic acids is 1. The molecule has 0 saturated carbocycles. The quantitative estimate of drug-likeness (QED) is 0.746. The number of anilines is 1. The molecule has 3 heterocycles. The van der Waals surface area contributed by atoms with Crippen LogP contribution < -0.4 is 5.32 Å². The van der Waals surface area contributed by atoms with Gasteiger partial charge in [-0.1, -0.05) is 5.16 Å². The zero-order valence-corrected chi connectivity index (χ0v) is 10.00. The molecule has 2 N–H and O–H groups in total. The van der Waals surface area contributed by atoms with Gasteiger partial charge in [0, 0.05) is 18.5 Å². The molecule has 98 valence electrons. The van der Waals surface area contributed by atoms with Gasteiger partial charge < -0.3 is 19.3 Å². The van der Waals surface area contributed by atoms with Gasteiger partial charge in [-0.3, -0.25) is 5.32 Å². The molecule has 1 aromatic heterocycles. The number of carbonyl (C=O) groups is 1. The summed E-state index contributed by atoms with van der Waals surface area (Å²) < 4.78 is 10.2. The molecule has 2 aliphatic rings. The average Bonchev–Trinajstić information content (AvgIpc) is 2.98. The molecule has 0 unspecified atom stereocenters. The maximum atomic E-state index is 12.1. The Bertz CT molecular complexity index is 461. The summed E-state index contributed by atoms with van der Waals surface area (Å²) in [4.78, 5) is 13.7. The molecule has 0 spiro atoms. The highest BCUT2D eigenvalue weighted by atomic mass is 16.5. The van der Waals surface area contributed by atoms with E-state index in [0.717, 1.165) is 0 Å². The minimum absolute atomic E-state index is 0.0206. The number of aromatic nitrogens is 1. The molecule has 2 amide bonds. The van der Waals surface area contributed by atoms with E-state index >= 15 is 0 Å². The van der Waals surface area contributed by atoms with E-state index in [0.29, 0.717) is 31.3 Å². The van der Waals surface area contributed by atoms with Crippen molar-refractivity contribution in [3.63, 3.8) is 0 Å². The van der Waals surface area contributed by atoms with Gasteiger partial charge in [-0.15, -0.1) is 0 Å². The normalized spacial score (nSPS) is 30.6. The van der Waals surface area contributed by atoms with Crippen molar-refractivity contribution in [2.24, 2.45) is 5.92 Å². The van der Waals surface area contributed by atoms with Crippen LogP contribution in [0, 0.1) is 12.8 Å². The predicted octanol–water partition coefficient (Wildman–Crippen LogP) is 0.206. The third kappa shape index (κ3) is 1.85. The number of aliphatic hydroxyl groups is 1. The van der Waals surface area contributed by atoms with Crippen molar-refractivity contribution in [2.75, 3.05) is 25.1 Å². The molecular weight excluding hydrogens is 238 g/mol. The highest BCUT2D eigenvalue weighted by Gasteiger charge is 2.46. The maximum Gasteiger partial charge on any atom is 0.324 e. The topological polar surface area (TPSA) is 87.8 Å². The number of fused-ring (bicyclic) bond motifs is 1. The van der Waals surface area contributed by atoms with Crippen LogP contribution in [0.2, 0.25) is 0 Å². The summed E-state index contributed by atoms with van der Waals surface area (Å²) in [5.74, 6) is 0.335. The van der Waals surface area contributed by atoms with Crippen LogP contribution in [-0.4, -0.2) is 53.1 Å². The van der Waals surface area contributed by atoms with E-state index in [1.54, 1.807) is 17.9 Å². The summed E-state index contributed by atoms with van der Waals surface area (Å²) >= 11 is 0. The Labute approximate surface area is 104 Å². The van der Waals surface area contributed by atoms with Gasteiger partial charge in [0.2, 0.25) is 5.88 Å². The highest BCUT2D eigenvalue weighted by molar-refractivity contribution is 5.88. The minimum Gasteiger partial charge on any atom is -0.391 e. The van der Waals surface area contributed by atoms with E-state index in [4.69, 9.17) is 9.26 Å². The molecule has 2 saturated heterocycles. The number of aliphatic hydroxyl groups excluding tert-OH is 1. The molecule has 1 aromatic rings. The van der Waals surface area contributed by atoms with E-state index in [1.807, 2.05) is 0 Å². The van der Waals surface area contributed by atoms with Crippen LogP contribution >= 0.6 is 0 Å². The smallest absolute Gasteiger partial charge is 0.324 e. The largest absolute Gasteiger partial charge is 0.391 e. The van der Waals surface area contributed by atoms with Crippen molar-refractivity contribution < 1.29 is 19.2 Å². The molecule has 7 nitrogen and oxygen atoms in total. The van der Waals surface area contributed by atoms with Crippen molar-refractivity contribution in [3.05, 3.63) is 11.8 Å². The van der Waals surface area contributed by atoms with Crippen LogP contribution in [0.25, 0.3) is 0 Å². The lowest BCUT2D eigenvalue weighted by Crippen LogP contribution is -2.40. The molecule has 0 aromatic carbocycles. The first-order valence-corrected chi connectivity index (χ1v) is 5.92. The molecule has 3 atom stereocenters. The summed E-state index contributed by atoms with van der Waals surface area (Å²) in [5.41, 5.74) is 0.703. The van der Waals surface area contributed by atoms with Crippen LogP contribution in [0.3, 0.4) is 0 Å². The number of nitrogens with zero attached hydrogens (tertiary/aromatic N) is 2. The molecule has 0 bridgehead atoms. The third-order valence-corrected chi connectivity index (χ3v) is 3.49. The number of hydrogen-bond donors (Lipinski definition) is 2. The van der Waals surface area contributed by atoms with Crippen molar-refractivity contribution in [1.29, 1.82) is 0 Å². The molecule has 2 fully saturated rings. The maximum absolute atomic E-state index is 12.1. The second-order valence-electron chi connectivity index (χ2n) is 4.75. The van der Waals surface area contributed by atoms with Crippen LogP contribution in [0.5, 0.6) is 0 Å². The van der Waals surface area contributed by atoms with E-state index < -0.39 is 6.10 Å². The lowest BCUT2D eigenvalue weighted by atomic mass is 10.0. The van der Waals surface area contributed by atoms with Crippen molar-refractivity contribution in [1.82, 2.24) is 10.1 Å². The zero-order chi connectivity index (χ0) is 12.7. The number of ether oxygens (including phenoxy) is 1. The fourth-order valence-electron chi connectivity index (χ4n) is 2.55. The fourth-order valence-corrected chi connectivity index (χ4v) is 2.55. The number of β-amino-alcohol motifs (C(OH)–C–C–N with tert-alkyl or cyclic N) is 1. The van der Waals surface area contributed by atoms with Gasteiger partial charge in [-0.2, -0.15) is 0 Å². The zero-order valence-electron chi connectivity index (χ0n) is 10.00. The van der Waals surface area contributed by atoms with Crippen molar-refractivity contribution in [3.8, 4) is 0 Å². The summed E-state index contributed by atoms with van der Waals surface area (Å²) in [5, 5.41) is 16.2. The van der Waals surface area contributed by atoms with Gasteiger partial charge in [0.15, 0.2) is 0 Å². The van der Waals surface area contributed by atoms with Crippen molar-refractivity contribution in [2.45, 2.75) is 19.1 Å².